The van der Waals surface area contributed by atoms with Crippen LogP contribution in [0.3, 0.4) is 0 Å². The predicted molar refractivity (Wildman–Crippen MR) is 103 cm³/mol. The number of benzene rings is 2. The minimum absolute atomic E-state index is 0.0309. The van der Waals surface area contributed by atoms with Gasteiger partial charge in [0.25, 0.3) is 0 Å². The number of fused-ring (bicyclic) bond motifs is 2. The molecule has 7 heteroatoms. The van der Waals surface area contributed by atoms with Crippen molar-refractivity contribution in [1.29, 1.82) is 0 Å². The maximum Gasteiger partial charge on any atom is 0.315 e. The predicted octanol–water partition coefficient (Wildman–Crippen LogP) is 2.73. The Morgan fingerprint density at radius 3 is 2.66 bits per heavy atom. The van der Waals surface area contributed by atoms with Gasteiger partial charge in [-0.3, -0.25) is 0 Å². The Kier molecular flexibility index (Phi) is 4.85. The van der Waals surface area contributed by atoms with E-state index in [1.54, 1.807) is 12.1 Å². The van der Waals surface area contributed by atoms with Crippen molar-refractivity contribution in [1.82, 2.24) is 10.6 Å². The molecule has 0 bridgehead atoms. The molecule has 2 aliphatic heterocycles. The van der Waals surface area contributed by atoms with Crippen molar-refractivity contribution in [2.24, 2.45) is 0 Å². The number of halogens is 1. The number of hydrogen-bond acceptors (Lipinski definition) is 4. The second-order valence-corrected chi connectivity index (χ2v) is 7.72. The van der Waals surface area contributed by atoms with E-state index in [0.29, 0.717) is 19.0 Å². The molecule has 0 radical (unpaired) electrons. The van der Waals surface area contributed by atoms with Crippen molar-refractivity contribution < 1.29 is 23.4 Å². The zero-order chi connectivity index (χ0) is 19.8. The summed E-state index contributed by atoms with van der Waals surface area (Å²) in [4.78, 5) is 12.6. The van der Waals surface area contributed by atoms with E-state index in [0.717, 1.165) is 12.8 Å². The fraction of sp³-hybridized carbons (Fsp3) is 0.409. The lowest BCUT2D eigenvalue weighted by molar-refractivity contribution is 0.0303. The van der Waals surface area contributed by atoms with Gasteiger partial charge in [-0.2, -0.15) is 0 Å². The first-order valence-electron chi connectivity index (χ1n) is 9.97. The Balaban J connectivity index is 1.16. The molecule has 2 amide bonds. The fourth-order valence-corrected chi connectivity index (χ4v) is 4.45. The first-order valence-corrected chi connectivity index (χ1v) is 9.97. The van der Waals surface area contributed by atoms with Crippen LogP contribution < -0.4 is 15.4 Å². The molecular formula is C22H23FN2O4. The molecule has 2 N–H and O–H groups in total. The van der Waals surface area contributed by atoms with Gasteiger partial charge in [0.05, 0.1) is 25.3 Å². The van der Waals surface area contributed by atoms with Gasteiger partial charge in [-0.25, -0.2) is 9.18 Å². The van der Waals surface area contributed by atoms with Crippen LogP contribution in [0.15, 0.2) is 48.5 Å². The largest absolute Gasteiger partial charge is 0.485 e. The summed E-state index contributed by atoms with van der Waals surface area (Å²) in [7, 11) is 0. The standard InChI is InChI=1S/C22H23FN2O4/c23-14-6-8-15(9-7-14)29-19-12-28-20-18(11-27-21(19)20)25-22(26)24-17-10-5-13-3-1-2-4-16(13)17/h1-4,6-9,17-21H,5,10-12H2,(H2,24,25,26)/t17-,18-,19-,20+,21+/m0/s1. The molecule has 2 fully saturated rings. The third-order valence-corrected chi connectivity index (χ3v) is 5.86. The Morgan fingerprint density at radius 2 is 1.79 bits per heavy atom. The van der Waals surface area contributed by atoms with Crippen LogP contribution in [0, 0.1) is 5.82 Å². The van der Waals surface area contributed by atoms with Gasteiger partial charge in [0.15, 0.2) is 6.10 Å². The summed E-state index contributed by atoms with van der Waals surface area (Å²) in [5.41, 5.74) is 2.48. The molecule has 0 spiro atoms. The van der Waals surface area contributed by atoms with Gasteiger partial charge in [-0.05, 0) is 48.2 Å². The number of urea groups is 1. The van der Waals surface area contributed by atoms with E-state index in [4.69, 9.17) is 14.2 Å². The van der Waals surface area contributed by atoms with E-state index >= 15 is 0 Å². The molecule has 5 rings (SSSR count). The fourth-order valence-electron chi connectivity index (χ4n) is 4.45. The molecule has 2 heterocycles. The van der Waals surface area contributed by atoms with E-state index < -0.39 is 0 Å². The number of nitrogens with one attached hydrogen (secondary N) is 2. The monoisotopic (exact) mass is 398 g/mol. The van der Waals surface area contributed by atoms with E-state index in [1.807, 2.05) is 12.1 Å². The second kappa shape index (κ2) is 7.65. The summed E-state index contributed by atoms with van der Waals surface area (Å²) in [6.07, 6.45) is 1.06. The molecule has 6 nitrogen and oxygen atoms in total. The smallest absolute Gasteiger partial charge is 0.315 e. The van der Waals surface area contributed by atoms with Gasteiger partial charge in [0.2, 0.25) is 0 Å². The molecule has 0 aromatic heterocycles. The SMILES string of the molecule is O=C(N[C@H]1CCc2ccccc21)N[C@H]1CO[C@H]2[C@@H]1OC[C@@H]2Oc1ccc(F)cc1. The summed E-state index contributed by atoms with van der Waals surface area (Å²) in [6.45, 7) is 0.732. The first kappa shape index (κ1) is 18.4. The summed E-state index contributed by atoms with van der Waals surface area (Å²) in [5.74, 6) is 0.258. The van der Waals surface area contributed by atoms with Crippen molar-refractivity contribution in [2.45, 2.75) is 43.2 Å². The zero-order valence-electron chi connectivity index (χ0n) is 15.8. The van der Waals surface area contributed by atoms with Crippen molar-refractivity contribution >= 4 is 6.03 Å². The number of carbonyl (C=O) groups is 1. The molecular weight excluding hydrogens is 375 g/mol. The highest BCUT2D eigenvalue weighted by Gasteiger charge is 2.49. The quantitative estimate of drug-likeness (QED) is 0.831. The number of hydrogen-bond donors (Lipinski definition) is 2. The average molecular weight is 398 g/mol. The van der Waals surface area contributed by atoms with Crippen molar-refractivity contribution in [3.05, 3.63) is 65.5 Å². The third-order valence-electron chi connectivity index (χ3n) is 5.86. The van der Waals surface area contributed by atoms with Crippen LogP contribution in [0.1, 0.15) is 23.6 Å². The number of amides is 2. The number of rotatable bonds is 4. The topological polar surface area (TPSA) is 68.8 Å². The van der Waals surface area contributed by atoms with E-state index in [9.17, 15) is 9.18 Å². The molecule has 29 heavy (non-hydrogen) atoms. The van der Waals surface area contributed by atoms with Crippen LogP contribution >= 0.6 is 0 Å². The summed E-state index contributed by atoms with van der Waals surface area (Å²) in [5, 5.41) is 6.06. The average Bonchev–Trinajstić information content (AvgIpc) is 3.42. The van der Waals surface area contributed by atoms with E-state index in [-0.39, 0.29) is 42.2 Å². The maximum atomic E-state index is 13.1. The highest BCUT2D eigenvalue weighted by molar-refractivity contribution is 5.75. The van der Waals surface area contributed by atoms with Gasteiger partial charge in [-0.1, -0.05) is 24.3 Å². The maximum absolute atomic E-state index is 13.1. The number of ether oxygens (including phenoxy) is 3. The van der Waals surface area contributed by atoms with Crippen LogP contribution in [0.2, 0.25) is 0 Å². The number of aryl methyl sites for hydroxylation is 1. The molecule has 0 saturated carbocycles. The summed E-state index contributed by atoms with van der Waals surface area (Å²) < 4.78 is 30.7. The molecule has 1 aliphatic carbocycles. The highest BCUT2D eigenvalue weighted by Crippen LogP contribution is 2.32. The molecule has 5 atom stereocenters. The minimum Gasteiger partial charge on any atom is -0.485 e. The molecule has 2 aromatic rings. The van der Waals surface area contributed by atoms with E-state index in [2.05, 4.69) is 22.8 Å². The Morgan fingerprint density at radius 1 is 1.00 bits per heavy atom. The molecule has 2 saturated heterocycles. The highest BCUT2D eigenvalue weighted by atomic mass is 19.1. The Hall–Kier alpha value is -2.64. The Labute approximate surface area is 168 Å². The minimum atomic E-state index is -0.310. The normalized spacial score (nSPS) is 29.9. The van der Waals surface area contributed by atoms with Gasteiger partial charge >= 0.3 is 6.03 Å². The summed E-state index contributed by atoms with van der Waals surface area (Å²) >= 11 is 0. The van der Waals surface area contributed by atoms with Crippen molar-refractivity contribution in [3.63, 3.8) is 0 Å². The van der Waals surface area contributed by atoms with Crippen LogP contribution in [0.4, 0.5) is 9.18 Å². The first-order chi connectivity index (χ1) is 14.2. The van der Waals surface area contributed by atoms with Crippen LogP contribution in [0.5, 0.6) is 5.75 Å². The van der Waals surface area contributed by atoms with Crippen LogP contribution in [0.25, 0.3) is 0 Å². The lowest BCUT2D eigenvalue weighted by atomic mass is 10.1. The van der Waals surface area contributed by atoms with Crippen LogP contribution in [-0.4, -0.2) is 43.6 Å². The summed E-state index contributed by atoms with van der Waals surface area (Å²) in [6, 6.07) is 13.7. The lowest BCUT2D eigenvalue weighted by Crippen LogP contribution is -2.49. The van der Waals surface area contributed by atoms with E-state index in [1.165, 1.54) is 23.3 Å². The second-order valence-electron chi connectivity index (χ2n) is 7.72. The molecule has 3 aliphatic rings. The van der Waals surface area contributed by atoms with Gasteiger partial charge in [-0.15, -0.1) is 0 Å². The van der Waals surface area contributed by atoms with Gasteiger partial charge < -0.3 is 24.8 Å². The number of carbonyl (C=O) groups excluding carboxylic acids is 1. The van der Waals surface area contributed by atoms with Crippen molar-refractivity contribution in [3.8, 4) is 5.75 Å². The Bertz CT molecular complexity index is 891. The molecule has 2 aromatic carbocycles. The molecule has 152 valence electrons. The lowest BCUT2D eigenvalue weighted by Gasteiger charge is -2.20. The van der Waals surface area contributed by atoms with Gasteiger partial charge in [0.1, 0.15) is 23.8 Å². The zero-order valence-corrected chi connectivity index (χ0v) is 15.8. The van der Waals surface area contributed by atoms with Crippen LogP contribution in [-0.2, 0) is 15.9 Å². The van der Waals surface area contributed by atoms with Crippen molar-refractivity contribution in [2.75, 3.05) is 13.2 Å². The van der Waals surface area contributed by atoms with Gasteiger partial charge in [0, 0.05) is 0 Å². The molecule has 0 unspecified atom stereocenters. The third kappa shape index (κ3) is 3.68.